The summed E-state index contributed by atoms with van der Waals surface area (Å²) >= 11 is 0. The number of sulfonamides is 1. The van der Waals surface area contributed by atoms with E-state index < -0.39 is 10.0 Å². The van der Waals surface area contributed by atoms with E-state index in [2.05, 4.69) is 26.5 Å². The van der Waals surface area contributed by atoms with Gasteiger partial charge in [0.2, 0.25) is 10.0 Å². The quantitative estimate of drug-likeness (QED) is 0.874. The van der Waals surface area contributed by atoms with Crippen LogP contribution < -0.4 is 9.62 Å². The first-order chi connectivity index (χ1) is 8.98. The van der Waals surface area contributed by atoms with Gasteiger partial charge in [0.05, 0.1) is 6.26 Å². The van der Waals surface area contributed by atoms with Crippen LogP contribution in [-0.2, 0) is 16.4 Å². The van der Waals surface area contributed by atoms with Gasteiger partial charge in [-0.25, -0.2) is 23.1 Å². The summed E-state index contributed by atoms with van der Waals surface area (Å²) in [5, 5.41) is 0. The number of anilines is 1. The minimum Gasteiger partial charge on any atom is -0.355 e. The first kappa shape index (κ1) is 14.2. The first-order valence-electron chi connectivity index (χ1n) is 6.51. The van der Waals surface area contributed by atoms with E-state index in [1.165, 1.54) is 6.26 Å². The maximum absolute atomic E-state index is 11.3. The molecule has 7 heteroatoms. The van der Waals surface area contributed by atoms with Gasteiger partial charge >= 0.3 is 0 Å². The summed E-state index contributed by atoms with van der Waals surface area (Å²) in [4.78, 5) is 10.6. The Hall–Kier alpha value is -1.21. The fourth-order valence-corrected chi connectivity index (χ4v) is 3.13. The lowest BCUT2D eigenvalue weighted by atomic mass is 10.1. The zero-order chi connectivity index (χ0) is 13.9. The zero-order valence-electron chi connectivity index (χ0n) is 11.3. The molecule has 106 valence electrons. The highest BCUT2D eigenvalue weighted by Gasteiger charge is 2.23. The Morgan fingerprint density at radius 2 is 2.26 bits per heavy atom. The van der Waals surface area contributed by atoms with E-state index in [1.54, 1.807) is 6.33 Å². The van der Waals surface area contributed by atoms with E-state index in [0.29, 0.717) is 6.54 Å². The summed E-state index contributed by atoms with van der Waals surface area (Å²) in [5.41, 5.74) is 1.00. The third-order valence-corrected chi connectivity index (χ3v) is 3.96. The predicted octanol–water partition coefficient (Wildman–Crippen LogP) is 0.557. The number of aromatic nitrogens is 2. The van der Waals surface area contributed by atoms with Crippen molar-refractivity contribution in [1.82, 2.24) is 14.7 Å². The van der Waals surface area contributed by atoms with Gasteiger partial charge in [-0.1, -0.05) is 6.92 Å². The van der Waals surface area contributed by atoms with Crippen molar-refractivity contribution in [2.45, 2.75) is 32.2 Å². The van der Waals surface area contributed by atoms with Gasteiger partial charge < -0.3 is 4.90 Å². The molecule has 0 spiro atoms. The molecule has 1 atom stereocenters. The summed E-state index contributed by atoms with van der Waals surface area (Å²) in [6.07, 6.45) is 5.47. The van der Waals surface area contributed by atoms with Crippen LogP contribution in [0.4, 0.5) is 5.82 Å². The van der Waals surface area contributed by atoms with Crippen LogP contribution in [0.3, 0.4) is 0 Å². The monoisotopic (exact) mass is 284 g/mol. The number of hydrogen-bond acceptors (Lipinski definition) is 5. The molecule has 1 N–H and O–H groups in total. The van der Waals surface area contributed by atoms with Crippen molar-refractivity contribution in [2.24, 2.45) is 0 Å². The average molecular weight is 284 g/mol. The maximum Gasteiger partial charge on any atom is 0.209 e. The number of hydrogen-bond donors (Lipinski definition) is 1. The lowest BCUT2D eigenvalue weighted by Gasteiger charge is -2.33. The van der Waals surface area contributed by atoms with Gasteiger partial charge in [0, 0.05) is 30.9 Å². The summed E-state index contributed by atoms with van der Waals surface area (Å²) in [5.74, 6) is 0.881. The number of aryl methyl sites for hydroxylation is 1. The molecular weight excluding hydrogens is 264 g/mol. The molecule has 1 unspecified atom stereocenters. The summed E-state index contributed by atoms with van der Waals surface area (Å²) in [6, 6.07) is 1.94. The van der Waals surface area contributed by atoms with Gasteiger partial charge in [-0.05, 0) is 19.3 Å². The molecule has 6 nitrogen and oxygen atoms in total. The Balaban J connectivity index is 2.08. The van der Waals surface area contributed by atoms with Crippen LogP contribution in [0.25, 0.3) is 0 Å². The highest BCUT2D eigenvalue weighted by atomic mass is 32.2. The standard InChI is InChI=1S/C12H20N4O2S/c1-3-10-7-12(14-9-13-10)16-6-4-5-11(8-16)15-19(2,17)18/h7,9,11,15H,3-6,8H2,1-2H3. The van der Waals surface area contributed by atoms with Crippen LogP contribution >= 0.6 is 0 Å². The molecule has 1 saturated heterocycles. The molecule has 2 heterocycles. The Bertz CT molecular complexity index is 532. The van der Waals surface area contributed by atoms with Gasteiger partial charge in [0.1, 0.15) is 12.1 Å². The molecule has 1 aliphatic heterocycles. The summed E-state index contributed by atoms with van der Waals surface area (Å²) < 4.78 is 25.2. The number of piperidine rings is 1. The molecule has 0 saturated carbocycles. The van der Waals surface area contributed by atoms with Crippen molar-refractivity contribution in [3.8, 4) is 0 Å². The van der Waals surface area contributed by atoms with Crippen molar-refractivity contribution in [3.63, 3.8) is 0 Å². The van der Waals surface area contributed by atoms with E-state index in [-0.39, 0.29) is 6.04 Å². The van der Waals surface area contributed by atoms with Crippen LogP contribution in [0.1, 0.15) is 25.5 Å². The molecule has 2 rings (SSSR count). The van der Waals surface area contributed by atoms with E-state index in [9.17, 15) is 8.42 Å². The van der Waals surface area contributed by atoms with Gasteiger partial charge in [-0.15, -0.1) is 0 Å². The normalized spacial score (nSPS) is 20.5. The third-order valence-electron chi connectivity index (χ3n) is 3.20. The Labute approximate surface area is 114 Å². The lowest BCUT2D eigenvalue weighted by molar-refractivity contribution is 0.465. The predicted molar refractivity (Wildman–Crippen MR) is 74.6 cm³/mol. The third kappa shape index (κ3) is 4.14. The smallest absolute Gasteiger partial charge is 0.209 e. The molecule has 0 amide bonds. The van der Waals surface area contributed by atoms with E-state index in [1.807, 2.05) is 6.07 Å². The van der Waals surface area contributed by atoms with Crippen molar-refractivity contribution >= 4 is 15.8 Å². The fraction of sp³-hybridized carbons (Fsp3) is 0.667. The van der Waals surface area contributed by atoms with Gasteiger partial charge in [0.25, 0.3) is 0 Å². The highest BCUT2D eigenvalue weighted by Crippen LogP contribution is 2.18. The molecule has 1 fully saturated rings. The topological polar surface area (TPSA) is 75.2 Å². The van der Waals surface area contributed by atoms with Crippen molar-refractivity contribution < 1.29 is 8.42 Å². The minimum atomic E-state index is -3.15. The van der Waals surface area contributed by atoms with E-state index in [4.69, 9.17) is 0 Å². The Morgan fingerprint density at radius 3 is 2.95 bits per heavy atom. The number of rotatable bonds is 4. The first-order valence-corrected chi connectivity index (χ1v) is 8.40. The van der Waals surface area contributed by atoms with Crippen LogP contribution in [-0.4, -0.2) is 43.8 Å². The fourth-order valence-electron chi connectivity index (χ4n) is 2.34. The Morgan fingerprint density at radius 1 is 1.47 bits per heavy atom. The number of nitrogens with zero attached hydrogens (tertiary/aromatic N) is 3. The molecule has 0 aromatic carbocycles. The molecule has 19 heavy (non-hydrogen) atoms. The molecule has 1 aromatic rings. The van der Waals surface area contributed by atoms with Crippen molar-refractivity contribution in [1.29, 1.82) is 0 Å². The van der Waals surface area contributed by atoms with Crippen molar-refractivity contribution in [3.05, 3.63) is 18.1 Å². The van der Waals surface area contributed by atoms with Crippen molar-refractivity contribution in [2.75, 3.05) is 24.2 Å². The highest BCUT2D eigenvalue weighted by molar-refractivity contribution is 7.88. The van der Waals surface area contributed by atoms with Crippen LogP contribution in [0.15, 0.2) is 12.4 Å². The molecule has 0 bridgehead atoms. The minimum absolute atomic E-state index is 0.0382. The molecule has 1 aromatic heterocycles. The van der Waals surface area contributed by atoms with E-state index in [0.717, 1.165) is 37.3 Å². The second-order valence-corrected chi connectivity index (χ2v) is 6.68. The lowest BCUT2D eigenvalue weighted by Crippen LogP contribution is -2.47. The van der Waals surface area contributed by atoms with Crippen LogP contribution in [0.2, 0.25) is 0 Å². The van der Waals surface area contributed by atoms with Crippen LogP contribution in [0, 0.1) is 0 Å². The van der Waals surface area contributed by atoms with Gasteiger partial charge in [-0.3, -0.25) is 0 Å². The summed E-state index contributed by atoms with van der Waals surface area (Å²) in [6.45, 7) is 3.62. The van der Waals surface area contributed by atoms with Gasteiger partial charge in [-0.2, -0.15) is 0 Å². The molecule has 0 aliphatic carbocycles. The SMILES string of the molecule is CCc1cc(N2CCCC(NS(C)(=O)=O)C2)ncn1. The number of nitrogens with one attached hydrogen (secondary N) is 1. The Kier molecular flexibility index (Phi) is 4.36. The zero-order valence-corrected chi connectivity index (χ0v) is 12.2. The molecule has 0 radical (unpaired) electrons. The second kappa shape index (κ2) is 5.83. The van der Waals surface area contributed by atoms with Gasteiger partial charge in [0.15, 0.2) is 0 Å². The van der Waals surface area contributed by atoms with E-state index >= 15 is 0 Å². The molecule has 1 aliphatic rings. The molecular formula is C12H20N4O2S. The van der Waals surface area contributed by atoms with Crippen LogP contribution in [0.5, 0.6) is 0 Å². The summed E-state index contributed by atoms with van der Waals surface area (Å²) in [7, 11) is -3.15. The second-order valence-electron chi connectivity index (χ2n) is 4.90. The average Bonchev–Trinajstić information content (AvgIpc) is 2.37. The maximum atomic E-state index is 11.3. The largest absolute Gasteiger partial charge is 0.355 e.